The average molecular weight is 442 g/mol. The molecule has 0 atom stereocenters. The third kappa shape index (κ3) is 3.80. The third-order valence-corrected chi connectivity index (χ3v) is 4.70. The average Bonchev–Trinajstić information content (AvgIpc) is 2.91. The van der Waals surface area contributed by atoms with Crippen molar-refractivity contribution in [1.82, 2.24) is 0 Å². The van der Waals surface area contributed by atoms with Crippen LogP contribution in [0.5, 0.6) is 11.5 Å². The normalized spacial score (nSPS) is 14.9. The second-order valence-corrected chi connectivity index (χ2v) is 6.58. The van der Waals surface area contributed by atoms with Gasteiger partial charge in [0.25, 0.3) is 5.91 Å². The Morgan fingerprint density at radius 3 is 2.56 bits per heavy atom. The molecule has 0 aliphatic carbocycles. The molecule has 2 aromatic rings. The van der Waals surface area contributed by atoms with Crippen molar-refractivity contribution in [2.45, 2.75) is 13.1 Å². The number of alkyl halides is 3. The van der Waals surface area contributed by atoms with Crippen molar-refractivity contribution in [3.63, 3.8) is 0 Å². The molecule has 2 aromatic carbocycles. The van der Waals surface area contributed by atoms with E-state index in [-0.39, 0.29) is 11.3 Å². The lowest BCUT2D eigenvalue weighted by Gasteiger charge is -2.12. The SMILES string of the molecule is CCOc1cc(Br)c(/C=C2\C(=O)Nc3cc(C(F)(F)F)ccc32)cc1OC. The van der Waals surface area contributed by atoms with Gasteiger partial charge < -0.3 is 14.8 Å². The van der Waals surface area contributed by atoms with Crippen molar-refractivity contribution in [2.24, 2.45) is 0 Å². The first-order chi connectivity index (χ1) is 12.7. The van der Waals surface area contributed by atoms with E-state index in [0.29, 0.717) is 33.7 Å². The van der Waals surface area contributed by atoms with Gasteiger partial charge in [-0.1, -0.05) is 22.0 Å². The van der Waals surface area contributed by atoms with Gasteiger partial charge >= 0.3 is 6.18 Å². The zero-order valence-corrected chi connectivity index (χ0v) is 16.0. The smallest absolute Gasteiger partial charge is 0.416 e. The summed E-state index contributed by atoms with van der Waals surface area (Å²) in [5, 5.41) is 2.48. The van der Waals surface area contributed by atoms with Crippen molar-refractivity contribution in [2.75, 3.05) is 19.0 Å². The summed E-state index contributed by atoms with van der Waals surface area (Å²) in [6, 6.07) is 6.59. The lowest BCUT2D eigenvalue weighted by Crippen LogP contribution is -2.06. The summed E-state index contributed by atoms with van der Waals surface area (Å²) in [7, 11) is 1.50. The van der Waals surface area contributed by atoms with Crippen LogP contribution in [-0.4, -0.2) is 19.6 Å². The van der Waals surface area contributed by atoms with E-state index in [9.17, 15) is 18.0 Å². The Morgan fingerprint density at radius 2 is 1.93 bits per heavy atom. The van der Waals surface area contributed by atoms with Gasteiger partial charge in [-0.15, -0.1) is 0 Å². The largest absolute Gasteiger partial charge is 0.493 e. The van der Waals surface area contributed by atoms with Crippen LogP contribution in [0.3, 0.4) is 0 Å². The number of hydrogen-bond donors (Lipinski definition) is 1. The van der Waals surface area contributed by atoms with Crippen molar-refractivity contribution >= 4 is 39.2 Å². The lowest BCUT2D eigenvalue weighted by molar-refractivity contribution is -0.137. The molecular weight excluding hydrogens is 427 g/mol. The molecule has 0 aromatic heterocycles. The molecule has 0 bridgehead atoms. The minimum atomic E-state index is -4.47. The van der Waals surface area contributed by atoms with Crippen LogP contribution in [-0.2, 0) is 11.0 Å². The Hall–Kier alpha value is -2.48. The van der Waals surface area contributed by atoms with Gasteiger partial charge in [-0.25, -0.2) is 0 Å². The molecule has 0 radical (unpaired) electrons. The van der Waals surface area contributed by atoms with Gasteiger partial charge in [0.05, 0.1) is 19.3 Å². The highest BCUT2D eigenvalue weighted by atomic mass is 79.9. The molecule has 1 aliphatic rings. The second kappa shape index (κ2) is 7.26. The van der Waals surface area contributed by atoms with Crippen LogP contribution in [0.15, 0.2) is 34.8 Å². The zero-order chi connectivity index (χ0) is 19.8. The zero-order valence-electron chi connectivity index (χ0n) is 14.4. The molecule has 1 N–H and O–H groups in total. The summed E-state index contributed by atoms with van der Waals surface area (Å²) in [4.78, 5) is 12.3. The van der Waals surface area contributed by atoms with Gasteiger partial charge in [0.15, 0.2) is 11.5 Å². The number of methoxy groups -OCH3 is 1. The van der Waals surface area contributed by atoms with E-state index in [1.54, 1.807) is 18.2 Å². The first kappa shape index (κ1) is 19.3. The summed E-state index contributed by atoms with van der Waals surface area (Å²) in [6.45, 7) is 2.30. The van der Waals surface area contributed by atoms with Crippen molar-refractivity contribution in [3.05, 3.63) is 51.5 Å². The monoisotopic (exact) mass is 441 g/mol. The van der Waals surface area contributed by atoms with E-state index in [4.69, 9.17) is 9.47 Å². The summed E-state index contributed by atoms with van der Waals surface area (Å²) >= 11 is 3.42. The van der Waals surface area contributed by atoms with Gasteiger partial charge in [-0.2, -0.15) is 13.2 Å². The molecule has 8 heteroatoms. The molecule has 0 saturated heterocycles. The maximum Gasteiger partial charge on any atom is 0.416 e. The fourth-order valence-corrected chi connectivity index (χ4v) is 3.20. The summed E-state index contributed by atoms with van der Waals surface area (Å²) < 4.78 is 50.1. The second-order valence-electron chi connectivity index (χ2n) is 5.73. The van der Waals surface area contributed by atoms with Gasteiger partial charge in [-0.05, 0) is 42.8 Å². The fraction of sp³-hybridized carbons (Fsp3) is 0.211. The van der Waals surface area contributed by atoms with Crippen LogP contribution in [0, 0.1) is 0 Å². The molecule has 142 valence electrons. The highest BCUT2D eigenvalue weighted by molar-refractivity contribution is 9.10. The molecule has 1 heterocycles. The number of halogens is 4. The minimum absolute atomic E-state index is 0.134. The predicted molar refractivity (Wildman–Crippen MR) is 99.8 cm³/mol. The summed E-state index contributed by atoms with van der Waals surface area (Å²) in [5.74, 6) is 0.558. The van der Waals surface area contributed by atoms with Gasteiger partial charge in [0.2, 0.25) is 0 Å². The quantitative estimate of drug-likeness (QED) is 0.648. The van der Waals surface area contributed by atoms with E-state index < -0.39 is 17.6 Å². The molecular formula is C19H15BrF3NO3. The third-order valence-electron chi connectivity index (χ3n) is 4.01. The molecule has 4 nitrogen and oxygen atoms in total. The maximum atomic E-state index is 12.9. The molecule has 0 fully saturated rings. The van der Waals surface area contributed by atoms with Gasteiger partial charge in [0, 0.05) is 21.3 Å². The molecule has 1 amide bonds. The molecule has 0 unspecified atom stereocenters. The summed E-state index contributed by atoms with van der Waals surface area (Å²) in [5.41, 5.74) is 0.633. The van der Waals surface area contributed by atoms with Crippen LogP contribution >= 0.6 is 15.9 Å². The molecule has 0 spiro atoms. The number of carbonyl (C=O) groups excluding carboxylic acids is 1. The molecule has 3 rings (SSSR count). The van der Waals surface area contributed by atoms with Crippen molar-refractivity contribution in [1.29, 1.82) is 0 Å². The van der Waals surface area contributed by atoms with E-state index in [2.05, 4.69) is 21.2 Å². The lowest BCUT2D eigenvalue weighted by atomic mass is 10.0. The van der Waals surface area contributed by atoms with E-state index in [0.717, 1.165) is 12.1 Å². The van der Waals surface area contributed by atoms with E-state index >= 15 is 0 Å². The van der Waals surface area contributed by atoms with Crippen molar-refractivity contribution in [3.8, 4) is 11.5 Å². The number of nitrogens with one attached hydrogen (secondary N) is 1. The number of benzene rings is 2. The van der Waals surface area contributed by atoms with Crippen LogP contribution in [0.1, 0.15) is 23.6 Å². The minimum Gasteiger partial charge on any atom is -0.493 e. The van der Waals surface area contributed by atoms with Crippen LogP contribution in [0.2, 0.25) is 0 Å². The number of ether oxygens (including phenoxy) is 2. The predicted octanol–water partition coefficient (Wildman–Crippen LogP) is 5.37. The maximum absolute atomic E-state index is 12.9. The summed E-state index contributed by atoms with van der Waals surface area (Å²) in [6.07, 6.45) is -2.88. The molecule has 1 aliphatic heterocycles. The number of carbonyl (C=O) groups is 1. The number of anilines is 1. The number of rotatable bonds is 4. The Balaban J connectivity index is 2.06. The van der Waals surface area contributed by atoms with Crippen molar-refractivity contribution < 1.29 is 27.4 Å². The molecule has 0 saturated carbocycles. The van der Waals surface area contributed by atoms with E-state index in [1.165, 1.54) is 13.2 Å². The fourth-order valence-electron chi connectivity index (χ4n) is 2.76. The topological polar surface area (TPSA) is 47.6 Å². The van der Waals surface area contributed by atoms with Crippen LogP contribution in [0.4, 0.5) is 18.9 Å². The number of amides is 1. The van der Waals surface area contributed by atoms with Gasteiger partial charge in [-0.3, -0.25) is 4.79 Å². The van der Waals surface area contributed by atoms with E-state index in [1.807, 2.05) is 6.92 Å². The molecule has 27 heavy (non-hydrogen) atoms. The Bertz CT molecular complexity index is 939. The van der Waals surface area contributed by atoms with Crippen LogP contribution in [0.25, 0.3) is 11.6 Å². The Morgan fingerprint density at radius 1 is 1.19 bits per heavy atom. The highest BCUT2D eigenvalue weighted by Gasteiger charge is 2.33. The number of hydrogen-bond acceptors (Lipinski definition) is 3. The van der Waals surface area contributed by atoms with Gasteiger partial charge in [0.1, 0.15) is 0 Å². The Labute approximate surface area is 162 Å². The van der Waals surface area contributed by atoms with Crippen LogP contribution < -0.4 is 14.8 Å². The first-order valence-corrected chi connectivity index (χ1v) is 8.79. The first-order valence-electron chi connectivity index (χ1n) is 7.99. The standard InChI is InChI=1S/C19H15BrF3NO3/c1-3-27-17-9-14(20)10(7-16(17)26-2)6-13-12-5-4-11(19(21,22)23)8-15(12)24-18(13)25/h4-9H,3H2,1-2H3,(H,24,25)/b13-6-. The Kier molecular flexibility index (Phi) is 5.19. The highest BCUT2D eigenvalue weighted by Crippen LogP contribution is 2.40. The number of fused-ring (bicyclic) bond motifs is 1.